The fraction of sp³-hybridized carbons (Fsp3) is 0.278. The van der Waals surface area contributed by atoms with Crippen LogP contribution in [0.2, 0.25) is 0 Å². The molecule has 0 aliphatic carbocycles. The van der Waals surface area contributed by atoms with Crippen LogP contribution >= 0.6 is 12.0 Å². The molecule has 0 aliphatic heterocycles. The van der Waals surface area contributed by atoms with Crippen molar-refractivity contribution in [2.75, 3.05) is 7.11 Å². The minimum absolute atomic E-state index is 0.132. The summed E-state index contributed by atoms with van der Waals surface area (Å²) in [5, 5.41) is 0. The Morgan fingerprint density at radius 1 is 1.21 bits per heavy atom. The number of nitrogens with two attached hydrogens (primary N) is 1. The zero-order chi connectivity index (χ0) is 17.4. The summed E-state index contributed by atoms with van der Waals surface area (Å²) in [5.74, 6) is 5.60. The molecule has 0 spiro atoms. The van der Waals surface area contributed by atoms with E-state index in [2.05, 4.69) is 24.0 Å². The molecule has 2 aromatic carbocycles. The summed E-state index contributed by atoms with van der Waals surface area (Å²) in [6.07, 6.45) is 0.748. The Balaban J connectivity index is 2.10. The molecule has 0 aromatic heterocycles. The zero-order valence-electron chi connectivity index (χ0n) is 14.1. The van der Waals surface area contributed by atoms with E-state index in [4.69, 9.17) is 20.0 Å². The van der Waals surface area contributed by atoms with E-state index in [-0.39, 0.29) is 6.04 Å². The molecule has 128 valence electrons. The van der Waals surface area contributed by atoms with Crippen LogP contribution in [0.15, 0.2) is 58.4 Å². The first kappa shape index (κ1) is 18.5. The van der Waals surface area contributed by atoms with Gasteiger partial charge in [0.2, 0.25) is 0 Å². The zero-order valence-corrected chi connectivity index (χ0v) is 14.9. The predicted octanol–water partition coefficient (Wildman–Crippen LogP) is 4.29. The van der Waals surface area contributed by atoms with Crippen LogP contribution in [0.25, 0.3) is 0 Å². The standard InChI is InChI=1S/C18H22N2O3S/c1-13(20-14(2)16-7-5-4-6-8-16)11-15-9-10-17(21-3)18(12-15)24-23-22-19/h4-10,12,14H,11,19H2,1-3H3/t14-/m1/s1. The van der Waals surface area contributed by atoms with E-state index in [0.29, 0.717) is 5.75 Å². The molecule has 6 heteroatoms. The van der Waals surface area contributed by atoms with Crippen molar-refractivity contribution in [3.8, 4) is 5.75 Å². The second kappa shape index (κ2) is 9.44. The number of ether oxygens (including phenoxy) is 1. The number of hydrogen-bond acceptors (Lipinski definition) is 6. The van der Waals surface area contributed by atoms with Gasteiger partial charge in [-0.25, -0.2) is 0 Å². The molecule has 0 bridgehead atoms. The molecule has 0 heterocycles. The van der Waals surface area contributed by atoms with Crippen LogP contribution in [0, 0.1) is 0 Å². The molecule has 1 atom stereocenters. The van der Waals surface area contributed by atoms with Gasteiger partial charge in [0.1, 0.15) is 5.75 Å². The molecule has 24 heavy (non-hydrogen) atoms. The summed E-state index contributed by atoms with van der Waals surface area (Å²) in [6.45, 7) is 4.14. The van der Waals surface area contributed by atoms with E-state index >= 15 is 0 Å². The van der Waals surface area contributed by atoms with Crippen LogP contribution in [0.3, 0.4) is 0 Å². The van der Waals surface area contributed by atoms with Crippen molar-refractivity contribution < 1.29 is 14.1 Å². The quantitative estimate of drug-likeness (QED) is 0.334. The summed E-state index contributed by atoms with van der Waals surface area (Å²) in [4.78, 5) is 9.73. The molecule has 0 unspecified atom stereocenters. The minimum Gasteiger partial charge on any atom is -0.495 e. The summed E-state index contributed by atoms with van der Waals surface area (Å²) in [6, 6.07) is 16.3. The Labute approximate surface area is 146 Å². The van der Waals surface area contributed by atoms with Crippen molar-refractivity contribution in [1.82, 2.24) is 0 Å². The fourth-order valence-electron chi connectivity index (χ4n) is 2.43. The highest BCUT2D eigenvalue weighted by atomic mass is 32.2. The molecule has 5 nitrogen and oxygen atoms in total. The molecule has 0 saturated carbocycles. The topological polar surface area (TPSA) is 66.1 Å². The first-order valence-electron chi connectivity index (χ1n) is 7.59. The normalized spacial score (nSPS) is 12.9. The number of hydrogen-bond donors (Lipinski definition) is 1. The molecule has 0 aliphatic rings. The van der Waals surface area contributed by atoms with Gasteiger partial charge in [0.05, 0.1) is 30.1 Å². The SMILES string of the molecule is COc1ccc(CC(C)=N[C@H](C)c2ccccc2)cc1SOON. The third-order valence-electron chi connectivity index (χ3n) is 3.55. The average Bonchev–Trinajstić information content (AvgIpc) is 2.60. The summed E-state index contributed by atoms with van der Waals surface area (Å²) >= 11 is 1.01. The molecule has 2 aromatic rings. The van der Waals surface area contributed by atoms with Gasteiger partial charge in [-0.1, -0.05) is 36.4 Å². The van der Waals surface area contributed by atoms with Crippen molar-refractivity contribution in [3.63, 3.8) is 0 Å². The molecule has 0 amide bonds. The van der Waals surface area contributed by atoms with E-state index in [1.807, 2.05) is 43.3 Å². The number of aliphatic imine (C=N–C) groups is 1. The molecular weight excluding hydrogens is 324 g/mol. The van der Waals surface area contributed by atoms with E-state index < -0.39 is 0 Å². The molecular formula is C18H22N2O3S. The first-order valence-corrected chi connectivity index (χ1v) is 8.33. The van der Waals surface area contributed by atoms with Gasteiger partial charge in [0, 0.05) is 12.1 Å². The molecule has 2 rings (SSSR count). The van der Waals surface area contributed by atoms with Crippen LogP contribution in [0.4, 0.5) is 0 Å². The van der Waals surface area contributed by atoms with E-state index in [1.54, 1.807) is 7.11 Å². The number of nitrogens with zero attached hydrogens (tertiary/aromatic N) is 1. The van der Waals surface area contributed by atoms with Crippen LogP contribution in [0.1, 0.15) is 31.0 Å². The van der Waals surface area contributed by atoms with Crippen LogP contribution in [0.5, 0.6) is 5.75 Å². The summed E-state index contributed by atoms with van der Waals surface area (Å²) in [7, 11) is 1.61. The minimum atomic E-state index is 0.132. The van der Waals surface area contributed by atoms with Crippen molar-refractivity contribution in [1.29, 1.82) is 0 Å². The average molecular weight is 346 g/mol. The third kappa shape index (κ3) is 5.35. The lowest BCUT2D eigenvalue weighted by Crippen LogP contribution is -2.02. The highest BCUT2D eigenvalue weighted by Crippen LogP contribution is 2.31. The highest BCUT2D eigenvalue weighted by Gasteiger charge is 2.09. The van der Waals surface area contributed by atoms with Gasteiger partial charge in [-0.2, -0.15) is 5.90 Å². The van der Waals surface area contributed by atoms with E-state index in [0.717, 1.165) is 34.6 Å². The Morgan fingerprint density at radius 3 is 2.62 bits per heavy atom. The number of rotatable bonds is 8. The summed E-state index contributed by atoms with van der Waals surface area (Å²) < 4.78 is 10.0. The Morgan fingerprint density at radius 2 is 1.96 bits per heavy atom. The van der Waals surface area contributed by atoms with Crippen LogP contribution in [-0.2, 0) is 15.7 Å². The molecule has 2 N–H and O–H groups in total. The van der Waals surface area contributed by atoms with Crippen molar-refractivity contribution in [2.45, 2.75) is 31.2 Å². The van der Waals surface area contributed by atoms with E-state index in [1.165, 1.54) is 5.56 Å². The van der Waals surface area contributed by atoms with Gasteiger partial charge < -0.3 is 4.74 Å². The lowest BCUT2D eigenvalue weighted by molar-refractivity contribution is -0.195. The second-order valence-electron chi connectivity index (χ2n) is 5.36. The van der Waals surface area contributed by atoms with Crippen molar-refractivity contribution in [2.24, 2.45) is 10.9 Å². The third-order valence-corrected chi connectivity index (χ3v) is 4.19. The largest absolute Gasteiger partial charge is 0.495 e. The number of methoxy groups -OCH3 is 1. The van der Waals surface area contributed by atoms with Gasteiger partial charge in [0.15, 0.2) is 0 Å². The lowest BCUT2D eigenvalue weighted by atomic mass is 10.1. The maximum atomic E-state index is 5.30. The Kier molecular flexibility index (Phi) is 7.27. The van der Waals surface area contributed by atoms with Gasteiger partial charge >= 0.3 is 0 Å². The monoisotopic (exact) mass is 346 g/mol. The second-order valence-corrected chi connectivity index (χ2v) is 6.10. The number of benzene rings is 2. The molecule has 0 fully saturated rings. The lowest BCUT2D eigenvalue weighted by Gasteiger charge is -2.11. The van der Waals surface area contributed by atoms with Crippen molar-refractivity contribution >= 4 is 17.8 Å². The predicted molar refractivity (Wildman–Crippen MR) is 96.9 cm³/mol. The van der Waals surface area contributed by atoms with Crippen LogP contribution in [-0.4, -0.2) is 12.8 Å². The fourth-order valence-corrected chi connectivity index (χ4v) is 2.98. The van der Waals surface area contributed by atoms with Crippen LogP contribution < -0.4 is 10.6 Å². The molecule has 0 radical (unpaired) electrons. The highest BCUT2D eigenvalue weighted by molar-refractivity contribution is 7.94. The smallest absolute Gasteiger partial charge is 0.134 e. The molecule has 0 saturated heterocycles. The van der Waals surface area contributed by atoms with Gasteiger partial charge in [0.25, 0.3) is 0 Å². The first-order chi connectivity index (χ1) is 11.6. The Hall–Kier alpha value is -1.86. The van der Waals surface area contributed by atoms with Gasteiger partial charge in [-0.05, 0) is 37.1 Å². The van der Waals surface area contributed by atoms with Crippen molar-refractivity contribution in [3.05, 3.63) is 59.7 Å². The Bertz CT molecular complexity index is 677. The van der Waals surface area contributed by atoms with E-state index in [9.17, 15) is 0 Å². The summed E-state index contributed by atoms with van der Waals surface area (Å²) in [5.41, 5.74) is 3.38. The maximum Gasteiger partial charge on any atom is 0.134 e. The maximum absolute atomic E-state index is 5.30. The van der Waals surface area contributed by atoms with Gasteiger partial charge in [-0.15, -0.1) is 9.32 Å². The van der Waals surface area contributed by atoms with Gasteiger partial charge in [-0.3, -0.25) is 4.99 Å².